The molecule has 0 aliphatic carbocycles. The molecule has 0 amide bonds. The zero-order valence-electron chi connectivity index (χ0n) is 8.88. The van der Waals surface area contributed by atoms with E-state index in [1.54, 1.807) is 0 Å². The fourth-order valence-corrected chi connectivity index (χ4v) is 1.54. The molecule has 1 aliphatic heterocycles. The zero-order chi connectivity index (χ0) is 11.5. The van der Waals surface area contributed by atoms with E-state index >= 15 is 0 Å². The van der Waals surface area contributed by atoms with Crippen LogP contribution in [0.15, 0.2) is 30.3 Å². The molecule has 1 aliphatic rings. The van der Waals surface area contributed by atoms with Gasteiger partial charge in [-0.05, 0) is 12.5 Å². The Labute approximate surface area is 93.2 Å². The Kier molecular flexibility index (Phi) is 2.90. The van der Waals surface area contributed by atoms with Crippen molar-refractivity contribution >= 4 is 11.9 Å². The maximum atomic E-state index is 11.5. The first-order valence-electron chi connectivity index (χ1n) is 5.12. The summed E-state index contributed by atoms with van der Waals surface area (Å²) in [5, 5.41) is 0. The summed E-state index contributed by atoms with van der Waals surface area (Å²) in [5.41, 5.74) is 0.937. The SMILES string of the molecule is CC1OC(=O)C(Cc2ccccc2)OC1=O. The van der Waals surface area contributed by atoms with Gasteiger partial charge in [0.25, 0.3) is 0 Å². The van der Waals surface area contributed by atoms with E-state index in [1.807, 2.05) is 30.3 Å². The fourth-order valence-electron chi connectivity index (χ4n) is 1.54. The number of cyclic esters (lactones) is 2. The van der Waals surface area contributed by atoms with Gasteiger partial charge in [-0.1, -0.05) is 30.3 Å². The third kappa shape index (κ3) is 2.21. The van der Waals surface area contributed by atoms with Crippen molar-refractivity contribution < 1.29 is 19.1 Å². The fraction of sp³-hybridized carbons (Fsp3) is 0.333. The predicted octanol–water partition coefficient (Wildman–Crippen LogP) is 1.09. The lowest BCUT2D eigenvalue weighted by Crippen LogP contribution is -2.43. The maximum Gasteiger partial charge on any atom is 0.348 e. The minimum Gasteiger partial charge on any atom is -0.448 e. The number of benzene rings is 1. The van der Waals surface area contributed by atoms with Gasteiger partial charge in [-0.2, -0.15) is 0 Å². The molecular weight excluding hydrogens is 208 g/mol. The molecule has 0 radical (unpaired) electrons. The molecule has 2 unspecified atom stereocenters. The van der Waals surface area contributed by atoms with Crippen molar-refractivity contribution in [3.05, 3.63) is 35.9 Å². The van der Waals surface area contributed by atoms with E-state index < -0.39 is 24.1 Å². The molecule has 2 atom stereocenters. The largest absolute Gasteiger partial charge is 0.448 e. The Morgan fingerprint density at radius 3 is 2.44 bits per heavy atom. The zero-order valence-corrected chi connectivity index (χ0v) is 8.88. The number of hydrogen-bond donors (Lipinski definition) is 0. The highest BCUT2D eigenvalue weighted by atomic mass is 16.6. The molecule has 0 N–H and O–H groups in total. The van der Waals surface area contributed by atoms with Gasteiger partial charge in [-0.15, -0.1) is 0 Å². The molecule has 84 valence electrons. The highest BCUT2D eigenvalue weighted by molar-refractivity contribution is 5.87. The molecule has 1 heterocycles. The van der Waals surface area contributed by atoms with Gasteiger partial charge in [0.15, 0.2) is 6.10 Å². The highest BCUT2D eigenvalue weighted by Gasteiger charge is 2.35. The van der Waals surface area contributed by atoms with Gasteiger partial charge >= 0.3 is 11.9 Å². The second-order valence-corrected chi connectivity index (χ2v) is 3.69. The molecule has 1 aromatic carbocycles. The summed E-state index contributed by atoms with van der Waals surface area (Å²) in [6.45, 7) is 1.50. The first-order valence-corrected chi connectivity index (χ1v) is 5.12. The average Bonchev–Trinajstić information content (AvgIpc) is 2.27. The van der Waals surface area contributed by atoms with Crippen LogP contribution in [0.4, 0.5) is 0 Å². The Morgan fingerprint density at radius 1 is 1.06 bits per heavy atom. The predicted molar refractivity (Wildman–Crippen MR) is 55.6 cm³/mol. The van der Waals surface area contributed by atoms with Crippen molar-refractivity contribution in [3.8, 4) is 0 Å². The van der Waals surface area contributed by atoms with Crippen LogP contribution in [0.1, 0.15) is 12.5 Å². The first-order chi connectivity index (χ1) is 7.66. The molecule has 4 nitrogen and oxygen atoms in total. The number of carbonyl (C=O) groups excluding carboxylic acids is 2. The Hall–Kier alpha value is -1.84. The maximum absolute atomic E-state index is 11.5. The molecule has 1 aromatic rings. The van der Waals surface area contributed by atoms with Gasteiger partial charge in [0.2, 0.25) is 6.10 Å². The average molecular weight is 220 g/mol. The Bertz CT molecular complexity index is 399. The molecule has 0 aromatic heterocycles. The number of hydrogen-bond acceptors (Lipinski definition) is 4. The summed E-state index contributed by atoms with van der Waals surface area (Å²) in [4.78, 5) is 22.7. The van der Waals surface area contributed by atoms with E-state index in [9.17, 15) is 9.59 Å². The molecule has 16 heavy (non-hydrogen) atoms. The minimum absolute atomic E-state index is 0.359. The van der Waals surface area contributed by atoms with Gasteiger partial charge in [-0.3, -0.25) is 0 Å². The van der Waals surface area contributed by atoms with E-state index in [1.165, 1.54) is 6.92 Å². The second-order valence-electron chi connectivity index (χ2n) is 3.69. The molecular formula is C12H12O4. The van der Waals surface area contributed by atoms with Gasteiger partial charge in [0.1, 0.15) is 0 Å². The van der Waals surface area contributed by atoms with E-state index in [0.717, 1.165) is 5.56 Å². The van der Waals surface area contributed by atoms with Crippen LogP contribution in [0.3, 0.4) is 0 Å². The quantitative estimate of drug-likeness (QED) is 0.700. The van der Waals surface area contributed by atoms with Crippen molar-refractivity contribution in [1.82, 2.24) is 0 Å². The summed E-state index contributed by atoms with van der Waals surface area (Å²) < 4.78 is 9.87. The second kappa shape index (κ2) is 4.35. The normalized spacial score (nSPS) is 24.8. The molecule has 2 rings (SSSR count). The molecule has 4 heteroatoms. The summed E-state index contributed by atoms with van der Waals surface area (Å²) in [6, 6.07) is 9.37. The van der Waals surface area contributed by atoms with E-state index in [4.69, 9.17) is 9.47 Å². The number of carbonyl (C=O) groups is 2. The third-order valence-corrected chi connectivity index (χ3v) is 2.41. The number of esters is 2. The topological polar surface area (TPSA) is 52.6 Å². The van der Waals surface area contributed by atoms with Crippen LogP contribution < -0.4 is 0 Å². The van der Waals surface area contributed by atoms with Crippen molar-refractivity contribution in [2.24, 2.45) is 0 Å². The lowest BCUT2D eigenvalue weighted by Gasteiger charge is -2.25. The Morgan fingerprint density at radius 2 is 1.75 bits per heavy atom. The number of rotatable bonds is 2. The summed E-state index contributed by atoms with van der Waals surface area (Å²) >= 11 is 0. The lowest BCUT2D eigenvalue weighted by molar-refractivity contribution is -0.193. The van der Waals surface area contributed by atoms with Crippen molar-refractivity contribution in [2.45, 2.75) is 25.6 Å². The highest BCUT2D eigenvalue weighted by Crippen LogP contribution is 2.14. The molecule has 0 spiro atoms. The van der Waals surface area contributed by atoms with Crippen LogP contribution >= 0.6 is 0 Å². The van der Waals surface area contributed by atoms with Crippen LogP contribution in [0.5, 0.6) is 0 Å². The lowest BCUT2D eigenvalue weighted by atomic mass is 10.1. The van der Waals surface area contributed by atoms with Crippen LogP contribution in [0.2, 0.25) is 0 Å². The molecule has 1 fully saturated rings. The third-order valence-electron chi connectivity index (χ3n) is 2.41. The molecule has 0 saturated carbocycles. The standard InChI is InChI=1S/C12H12O4/c1-8-11(13)16-10(12(14)15-8)7-9-5-3-2-4-6-9/h2-6,8,10H,7H2,1H3. The number of ether oxygens (including phenoxy) is 2. The van der Waals surface area contributed by atoms with Crippen LogP contribution in [0.25, 0.3) is 0 Å². The van der Waals surface area contributed by atoms with E-state index in [0.29, 0.717) is 6.42 Å². The summed E-state index contributed by atoms with van der Waals surface area (Å²) in [7, 11) is 0. The summed E-state index contributed by atoms with van der Waals surface area (Å²) in [6.07, 6.45) is -1.25. The van der Waals surface area contributed by atoms with Gasteiger partial charge in [0.05, 0.1) is 0 Å². The minimum atomic E-state index is -0.814. The van der Waals surface area contributed by atoms with Gasteiger partial charge in [-0.25, -0.2) is 9.59 Å². The van der Waals surface area contributed by atoms with Gasteiger partial charge in [0, 0.05) is 6.42 Å². The summed E-state index contributed by atoms with van der Waals surface area (Å²) in [5.74, 6) is -0.962. The van der Waals surface area contributed by atoms with Gasteiger partial charge < -0.3 is 9.47 Å². The van der Waals surface area contributed by atoms with Crippen LogP contribution in [-0.2, 0) is 25.5 Å². The van der Waals surface area contributed by atoms with Crippen LogP contribution in [-0.4, -0.2) is 24.1 Å². The van der Waals surface area contributed by atoms with Crippen molar-refractivity contribution in [1.29, 1.82) is 0 Å². The first kappa shape index (κ1) is 10.7. The van der Waals surface area contributed by atoms with Crippen LogP contribution in [0, 0.1) is 0 Å². The van der Waals surface area contributed by atoms with E-state index in [-0.39, 0.29) is 0 Å². The Balaban J connectivity index is 2.05. The van der Waals surface area contributed by atoms with E-state index in [2.05, 4.69) is 0 Å². The van der Waals surface area contributed by atoms with Crippen molar-refractivity contribution in [2.75, 3.05) is 0 Å². The molecule has 1 saturated heterocycles. The molecule has 0 bridgehead atoms. The monoisotopic (exact) mass is 220 g/mol. The smallest absolute Gasteiger partial charge is 0.348 e. The van der Waals surface area contributed by atoms with Crippen molar-refractivity contribution in [3.63, 3.8) is 0 Å².